The van der Waals surface area contributed by atoms with Gasteiger partial charge in [0.25, 0.3) is 11.8 Å². The van der Waals surface area contributed by atoms with E-state index in [0.717, 1.165) is 35.4 Å². The summed E-state index contributed by atoms with van der Waals surface area (Å²) in [6.07, 6.45) is 3.51. The number of pyridine rings is 1. The number of halogens is 2. The maximum atomic E-state index is 13.8. The molecule has 0 radical (unpaired) electrons. The van der Waals surface area contributed by atoms with Gasteiger partial charge in [-0.2, -0.15) is 4.68 Å². The van der Waals surface area contributed by atoms with Gasteiger partial charge in [0.2, 0.25) is 0 Å². The molecular weight excluding hydrogens is 422 g/mol. The lowest BCUT2D eigenvalue weighted by Gasteiger charge is -2.08. The van der Waals surface area contributed by atoms with E-state index in [1.54, 1.807) is 18.3 Å². The molecule has 0 atom stereocenters. The summed E-state index contributed by atoms with van der Waals surface area (Å²) in [6.45, 7) is 0. The molecule has 3 aromatic heterocycles. The van der Waals surface area contributed by atoms with E-state index >= 15 is 0 Å². The number of hydrogen-bond acceptors (Lipinski definition) is 6. The van der Waals surface area contributed by atoms with E-state index in [0.29, 0.717) is 16.9 Å². The van der Waals surface area contributed by atoms with Gasteiger partial charge in [-0.1, -0.05) is 6.07 Å². The normalized spacial score (nSPS) is 13.3. The number of nitrogens with one attached hydrogen (secondary N) is 1. The lowest BCUT2D eigenvalue weighted by Crippen LogP contribution is -2.13. The minimum atomic E-state index is -0.894. The third kappa shape index (κ3) is 3.59. The predicted molar refractivity (Wildman–Crippen MR) is 109 cm³/mol. The second-order valence-electron chi connectivity index (χ2n) is 7.44. The van der Waals surface area contributed by atoms with Gasteiger partial charge < -0.3 is 14.2 Å². The first-order valence-electron chi connectivity index (χ1n) is 9.80. The Morgan fingerprint density at radius 2 is 1.91 bits per heavy atom. The molecule has 1 amide bonds. The fraction of sp³-hybridized carbons (Fsp3) is 0.182. The molecule has 0 spiro atoms. The Hall–Kier alpha value is -4.08. The van der Waals surface area contributed by atoms with Crippen LogP contribution in [0.2, 0.25) is 0 Å². The summed E-state index contributed by atoms with van der Waals surface area (Å²) in [4.78, 5) is 28.6. The van der Waals surface area contributed by atoms with Crippen molar-refractivity contribution in [2.45, 2.75) is 18.8 Å². The Labute approximate surface area is 179 Å². The number of anilines is 1. The summed E-state index contributed by atoms with van der Waals surface area (Å²) in [5.41, 5.74) is 1.32. The second kappa shape index (κ2) is 7.56. The molecule has 0 unspecified atom stereocenters. The minimum absolute atomic E-state index is 0.105. The van der Waals surface area contributed by atoms with Crippen LogP contribution in [0, 0.1) is 11.6 Å². The zero-order chi connectivity index (χ0) is 22.4. The van der Waals surface area contributed by atoms with Crippen molar-refractivity contribution in [3.8, 4) is 22.8 Å². The van der Waals surface area contributed by atoms with E-state index in [9.17, 15) is 18.4 Å². The van der Waals surface area contributed by atoms with E-state index in [4.69, 9.17) is 8.83 Å². The smallest absolute Gasteiger partial charge is 0.437 e. The summed E-state index contributed by atoms with van der Waals surface area (Å²) in [5, 5.41) is 6.23. The van der Waals surface area contributed by atoms with Crippen LogP contribution in [-0.4, -0.2) is 20.7 Å². The van der Waals surface area contributed by atoms with Crippen LogP contribution < -0.4 is 11.1 Å². The molecule has 32 heavy (non-hydrogen) atoms. The Morgan fingerprint density at radius 1 is 1.16 bits per heavy atom. The number of carbonyl (C=O) groups is 1. The van der Waals surface area contributed by atoms with E-state index in [2.05, 4.69) is 15.4 Å². The standard InChI is InChI=1S/C22H16F2N4O4/c1-28-22(30)32-21(27-28)12-9-13(18(25-10-12)11-5-6-11)16-7-8-17(31-16)20(29)26-19-14(23)3-2-4-15(19)24/h2-4,7-11H,5-6H2,1H3,(H,26,29). The molecule has 5 rings (SSSR count). The molecule has 1 aliphatic carbocycles. The highest BCUT2D eigenvalue weighted by Crippen LogP contribution is 2.44. The monoisotopic (exact) mass is 438 g/mol. The molecule has 8 nitrogen and oxygen atoms in total. The second-order valence-corrected chi connectivity index (χ2v) is 7.44. The number of furan rings is 1. The van der Waals surface area contributed by atoms with Crippen molar-refractivity contribution in [3.63, 3.8) is 0 Å². The fourth-order valence-corrected chi connectivity index (χ4v) is 3.33. The summed E-state index contributed by atoms with van der Waals surface area (Å²) >= 11 is 0. The molecule has 1 saturated carbocycles. The van der Waals surface area contributed by atoms with Crippen LogP contribution >= 0.6 is 0 Å². The van der Waals surface area contributed by atoms with Gasteiger partial charge in [0, 0.05) is 24.7 Å². The number of nitrogens with zero attached hydrogens (tertiary/aromatic N) is 3. The van der Waals surface area contributed by atoms with Gasteiger partial charge in [0.05, 0.1) is 11.3 Å². The topological polar surface area (TPSA) is 103 Å². The van der Waals surface area contributed by atoms with Crippen molar-refractivity contribution < 1.29 is 22.4 Å². The number of hydrogen-bond donors (Lipinski definition) is 1. The van der Waals surface area contributed by atoms with E-state index in [1.807, 2.05) is 0 Å². The van der Waals surface area contributed by atoms with Gasteiger partial charge >= 0.3 is 5.76 Å². The molecule has 1 aliphatic rings. The summed E-state index contributed by atoms with van der Waals surface area (Å²) < 4.78 is 39.6. The van der Waals surface area contributed by atoms with Crippen molar-refractivity contribution in [2.75, 3.05) is 5.32 Å². The zero-order valence-corrected chi connectivity index (χ0v) is 16.8. The number of para-hydroxylation sites is 1. The van der Waals surface area contributed by atoms with Crippen LogP contribution in [0.5, 0.6) is 0 Å². The number of aryl methyl sites for hydroxylation is 1. The number of aromatic nitrogens is 3. The number of benzene rings is 1. The summed E-state index contributed by atoms with van der Waals surface area (Å²) in [5.74, 6) is -2.61. The molecular formula is C22H16F2N4O4. The first kappa shape index (κ1) is 19.9. The average Bonchev–Trinajstić information content (AvgIpc) is 3.40. The SMILES string of the molecule is Cn1nc(-c2cnc(C3CC3)c(-c3ccc(C(=O)Nc4c(F)cccc4F)o3)c2)oc1=O. The van der Waals surface area contributed by atoms with Gasteiger partial charge in [-0.3, -0.25) is 9.78 Å². The van der Waals surface area contributed by atoms with E-state index in [-0.39, 0.29) is 17.6 Å². The Kier molecular flexibility index (Phi) is 4.69. The van der Waals surface area contributed by atoms with E-state index in [1.165, 1.54) is 19.2 Å². The Bertz CT molecular complexity index is 1380. The van der Waals surface area contributed by atoms with Crippen molar-refractivity contribution in [1.82, 2.24) is 14.8 Å². The fourth-order valence-electron chi connectivity index (χ4n) is 3.33. The number of amides is 1. The Morgan fingerprint density at radius 3 is 2.56 bits per heavy atom. The van der Waals surface area contributed by atoms with Crippen molar-refractivity contribution in [3.05, 3.63) is 76.2 Å². The van der Waals surface area contributed by atoms with Crippen LogP contribution in [0.1, 0.15) is 35.0 Å². The molecule has 1 N–H and O–H groups in total. The van der Waals surface area contributed by atoms with Crippen LogP contribution in [0.4, 0.5) is 14.5 Å². The van der Waals surface area contributed by atoms with E-state index < -0.39 is 29.0 Å². The summed E-state index contributed by atoms with van der Waals surface area (Å²) in [6, 6.07) is 8.00. The van der Waals surface area contributed by atoms with Crippen LogP contribution in [0.25, 0.3) is 22.8 Å². The number of carbonyl (C=O) groups excluding carboxylic acids is 1. The third-order valence-corrected chi connectivity index (χ3v) is 5.12. The third-order valence-electron chi connectivity index (χ3n) is 5.12. The molecule has 4 aromatic rings. The lowest BCUT2D eigenvalue weighted by atomic mass is 10.1. The molecule has 0 aliphatic heterocycles. The lowest BCUT2D eigenvalue weighted by molar-refractivity contribution is 0.0996. The van der Waals surface area contributed by atoms with Crippen LogP contribution in [0.15, 0.2) is 56.2 Å². The zero-order valence-electron chi connectivity index (χ0n) is 16.8. The largest absolute Gasteiger partial charge is 0.451 e. The van der Waals surface area contributed by atoms with Crippen molar-refractivity contribution in [2.24, 2.45) is 7.05 Å². The first-order valence-corrected chi connectivity index (χ1v) is 9.80. The van der Waals surface area contributed by atoms with Gasteiger partial charge in [0.15, 0.2) is 5.76 Å². The molecule has 1 aromatic carbocycles. The quantitative estimate of drug-likeness (QED) is 0.503. The molecule has 162 valence electrons. The minimum Gasteiger partial charge on any atom is -0.451 e. The first-order chi connectivity index (χ1) is 15.4. The highest BCUT2D eigenvalue weighted by molar-refractivity contribution is 6.02. The van der Waals surface area contributed by atoms with Gasteiger partial charge in [0.1, 0.15) is 23.1 Å². The highest BCUT2D eigenvalue weighted by atomic mass is 19.1. The van der Waals surface area contributed by atoms with Crippen LogP contribution in [-0.2, 0) is 7.05 Å². The van der Waals surface area contributed by atoms with Crippen molar-refractivity contribution in [1.29, 1.82) is 0 Å². The van der Waals surface area contributed by atoms with Gasteiger partial charge in [-0.15, -0.1) is 5.10 Å². The molecule has 3 heterocycles. The van der Waals surface area contributed by atoms with Gasteiger partial charge in [-0.05, 0) is 43.2 Å². The number of rotatable bonds is 5. The molecule has 10 heteroatoms. The highest BCUT2D eigenvalue weighted by Gasteiger charge is 2.30. The maximum absolute atomic E-state index is 13.8. The molecule has 1 fully saturated rings. The predicted octanol–water partition coefficient (Wildman–Crippen LogP) is 4.10. The van der Waals surface area contributed by atoms with Crippen LogP contribution in [0.3, 0.4) is 0 Å². The molecule has 0 bridgehead atoms. The average molecular weight is 438 g/mol. The molecule has 0 saturated heterocycles. The maximum Gasteiger partial charge on any atom is 0.437 e. The van der Waals surface area contributed by atoms with Crippen molar-refractivity contribution >= 4 is 11.6 Å². The Balaban J connectivity index is 1.49. The summed E-state index contributed by atoms with van der Waals surface area (Å²) in [7, 11) is 1.47. The van der Waals surface area contributed by atoms with Gasteiger partial charge in [-0.25, -0.2) is 13.6 Å².